The van der Waals surface area contributed by atoms with Crippen LogP contribution in [-0.2, 0) is 45.9 Å². The number of anilines is 2. The predicted octanol–water partition coefficient (Wildman–Crippen LogP) is 2.96. The van der Waals surface area contributed by atoms with Crippen molar-refractivity contribution in [3.05, 3.63) is 83.9 Å². The Balaban J connectivity index is 0.000000266. The van der Waals surface area contributed by atoms with Crippen molar-refractivity contribution in [1.29, 1.82) is 0 Å². The summed E-state index contributed by atoms with van der Waals surface area (Å²) in [6.07, 6.45) is 0. The van der Waals surface area contributed by atoms with E-state index in [1.54, 1.807) is 6.07 Å². The van der Waals surface area contributed by atoms with E-state index in [1.165, 1.54) is 36.4 Å². The maximum atomic E-state index is 12.4. The number of rotatable bonds is 9. The van der Waals surface area contributed by atoms with Gasteiger partial charge in [0.05, 0.1) is 27.0 Å². The van der Waals surface area contributed by atoms with Gasteiger partial charge in [0.1, 0.15) is 10.6 Å². The Morgan fingerprint density at radius 2 is 1.39 bits per heavy atom. The summed E-state index contributed by atoms with van der Waals surface area (Å²) in [7, 11) is -16.9. The van der Waals surface area contributed by atoms with Gasteiger partial charge in [-0.2, -0.15) is 25.3 Å². The Bertz CT molecular complexity index is 2250. The van der Waals surface area contributed by atoms with Gasteiger partial charge in [-0.05, 0) is 65.5 Å². The SMILES string of the molecule is Nc1ccc(NC(=O)c2cccc(CS(=O)(=O)CCCl)c2)cc1S(=O)(=O)O.O=S(=O)(O)c1ccc2c(O)cc(S(=O)(=O)O)cc2c1. The van der Waals surface area contributed by atoms with Crippen molar-refractivity contribution in [3.63, 3.8) is 0 Å². The number of fused-ring (bicyclic) bond motifs is 1. The first-order valence-electron chi connectivity index (χ1n) is 12.4. The molecule has 0 spiro atoms. The van der Waals surface area contributed by atoms with E-state index < -0.39 is 66.5 Å². The first-order chi connectivity index (χ1) is 21.1. The Labute approximate surface area is 268 Å². The third kappa shape index (κ3) is 9.84. The fourth-order valence-corrected chi connectivity index (χ4v) is 7.36. The average Bonchev–Trinajstić information content (AvgIpc) is 2.92. The molecule has 1 amide bonds. The van der Waals surface area contributed by atoms with E-state index in [9.17, 15) is 43.6 Å². The number of nitrogens with two attached hydrogens (primary N) is 1. The quantitative estimate of drug-likeness (QED) is 0.0819. The van der Waals surface area contributed by atoms with Gasteiger partial charge in [0.2, 0.25) is 0 Å². The van der Waals surface area contributed by atoms with Gasteiger partial charge in [-0.15, -0.1) is 11.6 Å². The Kier molecular flexibility index (Phi) is 11.1. The fourth-order valence-electron chi connectivity index (χ4n) is 3.90. The molecule has 0 aliphatic carbocycles. The second-order valence-corrected chi connectivity index (χ2v) is 16.2. The normalized spacial score (nSPS) is 12.3. The highest BCUT2D eigenvalue weighted by molar-refractivity contribution is 7.90. The van der Waals surface area contributed by atoms with E-state index in [0.29, 0.717) is 5.56 Å². The zero-order chi connectivity index (χ0) is 34.7. The largest absolute Gasteiger partial charge is 0.507 e. The zero-order valence-corrected chi connectivity index (χ0v) is 27.1. The molecule has 0 aliphatic heterocycles. The number of benzene rings is 4. The lowest BCUT2D eigenvalue weighted by atomic mass is 10.1. The van der Waals surface area contributed by atoms with Crippen molar-refractivity contribution >= 4 is 79.8 Å². The molecule has 4 rings (SSSR count). The van der Waals surface area contributed by atoms with Gasteiger partial charge in [0.25, 0.3) is 36.3 Å². The highest BCUT2D eigenvalue weighted by atomic mass is 35.5. The highest BCUT2D eigenvalue weighted by Crippen LogP contribution is 2.30. The van der Waals surface area contributed by atoms with Crippen molar-refractivity contribution in [1.82, 2.24) is 0 Å². The van der Waals surface area contributed by atoms with Crippen molar-refractivity contribution < 1.29 is 57.2 Å². The molecule has 0 heterocycles. The molecular formula is C26H25ClN2O13S4. The minimum absolute atomic E-state index is 0.0181. The van der Waals surface area contributed by atoms with Gasteiger partial charge >= 0.3 is 0 Å². The smallest absolute Gasteiger partial charge is 0.296 e. The van der Waals surface area contributed by atoms with Gasteiger partial charge in [-0.3, -0.25) is 18.5 Å². The van der Waals surface area contributed by atoms with Crippen molar-refractivity contribution in [2.45, 2.75) is 20.4 Å². The molecule has 4 aromatic rings. The minimum atomic E-state index is -4.54. The summed E-state index contributed by atoms with van der Waals surface area (Å²) >= 11 is 5.47. The molecule has 0 bridgehead atoms. The van der Waals surface area contributed by atoms with Crippen LogP contribution in [0, 0.1) is 0 Å². The van der Waals surface area contributed by atoms with Crippen LogP contribution < -0.4 is 11.1 Å². The molecule has 0 saturated carbocycles. The number of nitrogen functional groups attached to an aromatic ring is 1. The van der Waals surface area contributed by atoms with Crippen molar-refractivity contribution in [2.75, 3.05) is 22.7 Å². The van der Waals surface area contributed by atoms with Crippen molar-refractivity contribution in [3.8, 4) is 5.75 Å². The van der Waals surface area contributed by atoms with Gasteiger partial charge in [0, 0.05) is 28.6 Å². The Morgan fingerprint density at radius 3 is 1.98 bits per heavy atom. The van der Waals surface area contributed by atoms with Crippen LogP contribution in [0.3, 0.4) is 0 Å². The van der Waals surface area contributed by atoms with E-state index in [0.717, 1.165) is 30.3 Å². The van der Waals surface area contributed by atoms with Crippen LogP contribution in [0.1, 0.15) is 15.9 Å². The van der Waals surface area contributed by atoms with Gasteiger partial charge in [-0.1, -0.05) is 12.1 Å². The maximum Gasteiger partial charge on any atom is 0.296 e. The van der Waals surface area contributed by atoms with E-state index in [-0.39, 0.29) is 45.1 Å². The molecular weight excluding hydrogens is 712 g/mol. The number of phenols is 1. The first-order valence-corrected chi connectivity index (χ1v) is 19.0. The van der Waals surface area contributed by atoms with Crippen LogP contribution in [0.15, 0.2) is 87.5 Å². The van der Waals surface area contributed by atoms with E-state index in [4.69, 9.17) is 31.0 Å². The molecule has 0 fully saturated rings. The summed E-state index contributed by atoms with van der Waals surface area (Å²) in [5.41, 5.74) is 6.04. The number of carbonyl (C=O) groups excluding carboxylic acids is 1. The summed E-state index contributed by atoms with van der Waals surface area (Å²) in [5, 5.41) is 12.3. The molecule has 4 aromatic carbocycles. The number of amides is 1. The van der Waals surface area contributed by atoms with Crippen LogP contribution in [0.5, 0.6) is 5.75 Å². The zero-order valence-electron chi connectivity index (χ0n) is 23.1. The number of carbonyl (C=O) groups is 1. The number of nitrogens with one attached hydrogen (secondary N) is 1. The third-order valence-corrected chi connectivity index (χ3v) is 10.6. The van der Waals surface area contributed by atoms with Crippen LogP contribution >= 0.6 is 11.6 Å². The van der Waals surface area contributed by atoms with Crippen LogP contribution in [0.4, 0.5) is 11.4 Å². The number of hydrogen-bond donors (Lipinski definition) is 6. The molecule has 46 heavy (non-hydrogen) atoms. The molecule has 0 atom stereocenters. The second-order valence-electron chi connectivity index (χ2n) is 9.44. The van der Waals surface area contributed by atoms with E-state index >= 15 is 0 Å². The second kappa shape index (κ2) is 13.9. The molecule has 248 valence electrons. The molecule has 15 nitrogen and oxygen atoms in total. The molecule has 7 N–H and O–H groups in total. The summed E-state index contributed by atoms with van der Waals surface area (Å²) in [5.74, 6) is -1.47. The van der Waals surface area contributed by atoms with Gasteiger partial charge in [-0.25, -0.2) is 8.42 Å². The molecule has 0 unspecified atom stereocenters. The Hall–Kier alpha value is -3.82. The van der Waals surface area contributed by atoms with E-state index in [1.807, 2.05) is 0 Å². The summed E-state index contributed by atoms with van der Waals surface area (Å²) < 4.78 is 117. The maximum absolute atomic E-state index is 12.4. The van der Waals surface area contributed by atoms with Crippen molar-refractivity contribution in [2.24, 2.45) is 0 Å². The molecule has 0 aromatic heterocycles. The fraction of sp³-hybridized carbons (Fsp3) is 0.115. The summed E-state index contributed by atoms with van der Waals surface area (Å²) in [6, 6.07) is 14.7. The van der Waals surface area contributed by atoms with Crippen LogP contribution in [0.25, 0.3) is 10.8 Å². The summed E-state index contributed by atoms with van der Waals surface area (Å²) in [6.45, 7) is 0. The molecule has 0 aliphatic rings. The molecule has 0 saturated heterocycles. The Morgan fingerprint density at radius 1 is 0.761 bits per heavy atom. The van der Waals surface area contributed by atoms with Gasteiger partial charge < -0.3 is 16.2 Å². The lowest BCUT2D eigenvalue weighted by Gasteiger charge is -2.09. The number of halogens is 1. The summed E-state index contributed by atoms with van der Waals surface area (Å²) in [4.78, 5) is 10.8. The lowest BCUT2D eigenvalue weighted by Crippen LogP contribution is -2.14. The third-order valence-electron chi connectivity index (χ3n) is 5.98. The molecule has 0 radical (unpaired) electrons. The highest BCUT2D eigenvalue weighted by Gasteiger charge is 2.18. The lowest BCUT2D eigenvalue weighted by molar-refractivity contribution is 0.102. The molecule has 20 heteroatoms. The topological polar surface area (TPSA) is 273 Å². The predicted molar refractivity (Wildman–Crippen MR) is 169 cm³/mol. The van der Waals surface area contributed by atoms with E-state index in [2.05, 4.69) is 5.32 Å². The van der Waals surface area contributed by atoms with Crippen LogP contribution in [0.2, 0.25) is 0 Å². The number of alkyl halides is 1. The number of hydrogen-bond acceptors (Lipinski definition) is 11. The number of phenolic OH excluding ortho intramolecular Hbond substituents is 1. The number of aromatic hydroxyl groups is 1. The number of sulfone groups is 1. The van der Waals surface area contributed by atoms with Crippen LogP contribution in [-0.4, -0.2) is 70.0 Å². The standard InChI is InChI=1S/C16H17ClN2O6S2.C10H8O7S2/c17-6-7-26(21,22)10-11-2-1-3-12(8-11)16(20)19-13-4-5-14(18)15(9-13)27(23,24)25;11-10-5-8(19(15,16)17)4-6-3-7(18(12,13)14)1-2-9(6)10/h1-5,8-9H,6-7,10,18H2,(H,19,20)(H,23,24,25);1-5,11H,(H,12,13,14)(H,15,16,17). The monoisotopic (exact) mass is 736 g/mol. The van der Waals surface area contributed by atoms with Gasteiger partial charge in [0.15, 0.2) is 9.84 Å². The first kappa shape index (κ1) is 36.6. The minimum Gasteiger partial charge on any atom is -0.507 e. The average molecular weight is 737 g/mol.